The number of carbonyl (C=O) groups excluding carboxylic acids is 1. The quantitative estimate of drug-likeness (QED) is 0.842. The minimum atomic E-state index is -0.0335. The van der Waals surface area contributed by atoms with Crippen LogP contribution in [0.15, 0.2) is 22.7 Å². The Morgan fingerprint density at radius 2 is 2.16 bits per heavy atom. The second kappa shape index (κ2) is 7.06. The Morgan fingerprint density at radius 3 is 2.89 bits per heavy atom. The third-order valence-electron chi connectivity index (χ3n) is 3.49. The molecule has 19 heavy (non-hydrogen) atoms. The van der Waals surface area contributed by atoms with Gasteiger partial charge in [0.25, 0.3) is 5.91 Å². The van der Waals surface area contributed by atoms with Gasteiger partial charge in [-0.1, -0.05) is 34.8 Å². The molecule has 0 spiro atoms. The molecule has 1 amide bonds. The maximum absolute atomic E-state index is 12.0. The summed E-state index contributed by atoms with van der Waals surface area (Å²) in [5.41, 5.74) is 1.70. The van der Waals surface area contributed by atoms with E-state index in [1.165, 1.54) is 25.7 Å². The third kappa shape index (κ3) is 4.32. The maximum atomic E-state index is 12.0. The topological polar surface area (TPSA) is 38.3 Å². The molecule has 1 aromatic carbocycles. The van der Waals surface area contributed by atoms with Crippen molar-refractivity contribution in [2.75, 3.05) is 13.2 Å². The highest BCUT2D eigenvalue weighted by molar-refractivity contribution is 9.10. The van der Waals surface area contributed by atoms with Crippen LogP contribution < -0.4 is 5.32 Å². The lowest BCUT2D eigenvalue weighted by molar-refractivity contribution is 0.0581. The molecule has 0 unspecified atom stereocenters. The number of amides is 1. The number of aryl methyl sites for hydroxylation is 1. The van der Waals surface area contributed by atoms with E-state index in [2.05, 4.69) is 21.2 Å². The molecule has 0 aliphatic heterocycles. The molecular weight excluding hydrogens is 306 g/mol. The third-order valence-corrected chi connectivity index (χ3v) is 3.98. The second-order valence-electron chi connectivity index (χ2n) is 4.99. The SMILES string of the molecule is Cc1ccc(Br)cc1C(=O)NCCOC1CCCC1. The Kier molecular flexibility index (Phi) is 5.40. The van der Waals surface area contributed by atoms with Crippen LogP contribution in [0.4, 0.5) is 0 Å². The minimum absolute atomic E-state index is 0.0335. The average Bonchev–Trinajstić information content (AvgIpc) is 2.90. The van der Waals surface area contributed by atoms with Crippen molar-refractivity contribution < 1.29 is 9.53 Å². The van der Waals surface area contributed by atoms with E-state index in [0.29, 0.717) is 19.3 Å². The van der Waals surface area contributed by atoms with Crippen LogP contribution in [0, 0.1) is 6.92 Å². The van der Waals surface area contributed by atoms with E-state index >= 15 is 0 Å². The normalized spacial score (nSPS) is 15.7. The number of benzene rings is 1. The van der Waals surface area contributed by atoms with Crippen LogP contribution >= 0.6 is 15.9 Å². The number of ether oxygens (including phenoxy) is 1. The zero-order valence-electron chi connectivity index (χ0n) is 11.2. The fourth-order valence-electron chi connectivity index (χ4n) is 2.38. The summed E-state index contributed by atoms with van der Waals surface area (Å²) in [5, 5.41) is 2.91. The van der Waals surface area contributed by atoms with Crippen molar-refractivity contribution in [3.05, 3.63) is 33.8 Å². The van der Waals surface area contributed by atoms with Gasteiger partial charge in [-0.2, -0.15) is 0 Å². The first kappa shape index (κ1) is 14.5. The van der Waals surface area contributed by atoms with Gasteiger partial charge in [0.15, 0.2) is 0 Å². The molecule has 1 aliphatic rings. The summed E-state index contributed by atoms with van der Waals surface area (Å²) in [5.74, 6) is -0.0335. The molecule has 1 aliphatic carbocycles. The highest BCUT2D eigenvalue weighted by atomic mass is 79.9. The molecule has 1 aromatic rings. The number of hydrogen-bond acceptors (Lipinski definition) is 2. The van der Waals surface area contributed by atoms with Gasteiger partial charge >= 0.3 is 0 Å². The van der Waals surface area contributed by atoms with E-state index in [1.54, 1.807) is 0 Å². The maximum Gasteiger partial charge on any atom is 0.251 e. The lowest BCUT2D eigenvalue weighted by Gasteiger charge is -2.12. The van der Waals surface area contributed by atoms with Gasteiger partial charge in [0, 0.05) is 16.6 Å². The molecule has 104 valence electrons. The van der Waals surface area contributed by atoms with Gasteiger partial charge in [-0.15, -0.1) is 0 Å². The standard InChI is InChI=1S/C15H20BrNO2/c1-11-6-7-12(16)10-14(11)15(18)17-8-9-19-13-4-2-3-5-13/h6-7,10,13H,2-5,8-9H2,1H3,(H,17,18). The van der Waals surface area contributed by atoms with Crippen LogP contribution in [0.1, 0.15) is 41.6 Å². The van der Waals surface area contributed by atoms with Crippen LogP contribution in [0.2, 0.25) is 0 Å². The van der Waals surface area contributed by atoms with Crippen LogP contribution in [-0.4, -0.2) is 25.2 Å². The van der Waals surface area contributed by atoms with Crippen LogP contribution in [0.5, 0.6) is 0 Å². The summed E-state index contributed by atoms with van der Waals surface area (Å²) >= 11 is 3.39. The Bertz CT molecular complexity index is 442. The minimum Gasteiger partial charge on any atom is -0.376 e. The van der Waals surface area contributed by atoms with E-state index in [4.69, 9.17) is 4.74 Å². The number of halogens is 1. The summed E-state index contributed by atoms with van der Waals surface area (Å²) in [6, 6.07) is 5.73. The zero-order chi connectivity index (χ0) is 13.7. The van der Waals surface area contributed by atoms with Crippen molar-refractivity contribution in [2.24, 2.45) is 0 Å². The number of hydrogen-bond donors (Lipinski definition) is 1. The van der Waals surface area contributed by atoms with Crippen molar-refractivity contribution in [1.82, 2.24) is 5.32 Å². The first-order chi connectivity index (χ1) is 9.16. The fraction of sp³-hybridized carbons (Fsp3) is 0.533. The Hall–Kier alpha value is -0.870. The van der Waals surface area contributed by atoms with Gasteiger partial charge in [0.05, 0.1) is 12.7 Å². The molecule has 0 heterocycles. The Labute approximate surface area is 122 Å². The molecule has 2 rings (SSSR count). The van der Waals surface area contributed by atoms with E-state index in [0.717, 1.165) is 15.6 Å². The second-order valence-corrected chi connectivity index (χ2v) is 5.91. The van der Waals surface area contributed by atoms with Gasteiger partial charge in [0.2, 0.25) is 0 Å². The van der Waals surface area contributed by atoms with E-state index in [-0.39, 0.29) is 5.91 Å². The number of nitrogens with one attached hydrogen (secondary N) is 1. The fourth-order valence-corrected chi connectivity index (χ4v) is 2.74. The van der Waals surface area contributed by atoms with Gasteiger partial charge in [-0.3, -0.25) is 4.79 Å². The van der Waals surface area contributed by atoms with E-state index < -0.39 is 0 Å². The van der Waals surface area contributed by atoms with Gasteiger partial charge in [0.1, 0.15) is 0 Å². The molecule has 1 saturated carbocycles. The number of rotatable bonds is 5. The van der Waals surface area contributed by atoms with Crippen molar-refractivity contribution in [2.45, 2.75) is 38.7 Å². The highest BCUT2D eigenvalue weighted by Crippen LogP contribution is 2.20. The lowest BCUT2D eigenvalue weighted by atomic mass is 10.1. The van der Waals surface area contributed by atoms with Gasteiger partial charge < -0.3 is 10.1 Å². The zero-order valence-corrected chi connectivity index (χ0v) is 12.8. The number of carbonyl (C=O) groups is 1. The van der Waals surface area contributed by atoms with Crippen molar-refractivity contribution in [3.63, 3.8) is 0 Å². The summed E-state index contributed by atoms with van der Waals surface area (Å²) in [7, 11) is 0. The predicted octanol–water partition coefficient (Wildman–Crippen LogP) is 3.45. The monoisotopic (exact) mass is 325 g/mol. The molecular formula is C15H20BrNO2. The molecule has 0 radical (unpaired) electrons. The molecule has 0 bridgehead atoms. The van der Waals surface area contributed by atoms with Gasteiger partial charge in [-0.05, 0) is 37.5 Å². The first-order valence-corrected chi connectivity index (χ1v) is 7.62. The van der Waals surface area contributed by atoms with E-state index in [1.807, 2.05) is 25.1 Å². The van der Waals surface area contributed by atoms with Crippen LogP contribution in [0.3, 0.4) is 0 Å². The Morgan fingerprint density at radius 1 is 1.42 bits per heavy atom. The van der Waals surface area contributed by atoms with Crippen molar-refractivity contribution in [3.8, 4) is 0 Å². The van der Waals surface area contributed by atoms with Crippen molar-refractivity contribution in [1.29, 1.82) is 0 Å². The molecule has 0 saturated heterocycles. The molecule has 3 nitrogen and oxygen atoms in total. The van der Waals surface area contributed by atoms with Gasteiger partial charge in [-0.25, -0.2) is 0 Å². The lowest BCUT2D eigenvalue weighted by Crippen LogP contribution is -2.29. The summed E-state index contributed by atoms with van der Waals surface area (Å²) in [6.45, 7) is 3.11. The summed E-state index contributed by atoms with van der Waals surface area (Å²) < 4.78 is 6.64. The smallest absolute Gasteiger partial charge is 0.251 e. The van der Waals surface area contributed by atoms with Crippen LogP contribution in [-0.2, 0) is 4.74 Å². The highest BCUT2D eigenvalue weighted by Gasteiger charge is 2.15. The predicted molar refractivity (Wildman–Crippen MR) is 79.4 cm³/mol. The average molecular weight is 326 g/mol. The van der Waals surface area contributed by atoms with Crippen molar-refractivity contribution >= 4 is 21.8 Å². The van der Waals surface area contributed by atoms with Crippen LogP contribution in [0.25, 0.3) is 0 Å². The molecule has 1 N–H and O–H groups in total. The largest absolute Gasteiger partial charge is 0.376 e. The molecule has 0 atom stereocenters. The Balaban J connectivity index is 1.75. The van der Waals surface area contributed by atoms with E-state index in [9.17, 15) is 4.79 Å². The molecule has 4 heteroatoms. The summed E-state index contributed by atoms with van der Waals surface area (Å²) in [4.78, 5) is 12.0. The molecule has 1 fully saturated rings. The summed E-state index contributed by atoms with van der Waals surface area (Å²) in [6.07, 6.45) is 5.28. The molecule has 0 aromatic heterocycles. The first-order valence-electron chi connectivity index (χ1n) is 6.83.